The maximum absolute atomic E-state index is 11.3. The van der Waals surface area contributed by atoms with Gasteiger partial charge in [-0.3, -0.25) is 4.79 Å². The summed E-state index contributed by atoms with van der Waals surface area (Å²) in [5, 5.41) is 12.4. The summed E-state index contributed by atoms with van der Waals surface area (Å²) in [6.07, 6.45) is 0.0527. The van der Waals surface area contributed by atoms with Gasteiger partial charge >= 0.3 is 0 Å². The van der Waals surface area contributed by atoms with Crippen molar-refractivity contribution in [3.05, 3.63) is 29.3 Å². The minimum absolute atomic E-state index is 0.149. The Kier molecular flexibility index (Phi) is 3.10. The van der Waals surface area contributed by atoms with Gasteiger partial charge in [0.05, 0.1) is 6.61 Å². The van der Waals surface area contributed by atoms with Crippen LogP contribution in [0.4, 0.5) is 0 Å². The molecule has 0 fully saturated rings. The van der Waals surface area contributed by atoms with E-state index < -0.39 is 6.23 Å². The van der Waals surface area contributed by atoms with E-state index in [1.807, 2.05) is 19.1 Å². The van der Waals surface area contributed by atoms with E-state index in [0.29, 0.717) is 30.8 Å². The van der Waals surface area contributed by atoms with Gasteiger partial charge in [-0.05, 0) is 25.0 Å². The molecule has 86 valence electrons. The molecule has 0 spiro atoms. The van der Waals surface area contributed by atoms with Crippen LogP contribution in [0.15, 0.2) is 18.2 Å². The molecule has 0 saturated heterocycles. The molecule has 0 bridgehead atoms. The highest BCUT2D eigenvalue weighted by Crippen LogP contribution is 2.26. The molecule has 1 amide bonds. The summed E-state index contributed by atoms with van der Waals surface area (Å²) >= 11 is 0. The Balaban J connectivity index is 2.34. The monoisotopic (exact) mass is 221 g/mol. The largest absolute Gasteiger partial charge is 0.493 e. The molecule has 16 heavy (non-hydrogen) atoms. The first-order valence-corrected chi connectivity index (χ1v) is 5.37. The lowest BCUT2D eigenvalue weighted by Gasteiger charge is -2.15. The molecule has 1 aliphatic heterocycles. The van der Waals surface area contributed by atoms with Crippen LogP contribution < -0.4 is 10.1 Å². The SMILES string of the molecule is Cc1ccc2c(c1)OCCCC(=O)NC2O. The zero-order valence-corrected chi connectivity index (χ0v) is 9.19. The lowest BCUT2D eigenvalue weighted by molar-refractivity contribution is -0.124. The topological polar surface area (TPSA) is 58.6 Å². The molecule has 0 aromatic heterocycles. The standard InChI is InChI=1S/C12H15NO3/c1-8-4-5-9-10(7-8)16-6-2-3-11(14)13-12(9)15/h4-5,7,12,15H,2-3,6H2,1H3,(H,13,14). The van der Waals surface area contributed by atoms with Gasteiger partial charge in [0.25, 0.3) is 0 Å². The number of aliphatic hydroxyl groups excluding tert-OH is 1. The second kappa shape index (κ2) is 4.53. The number of hydrogen-bond donors (Lipinski definition) is 2. The number of carbonyl (C=O) groups excluding carboxylic acids is 1. The van der Waals surface area contributed by atoms with E-state index >= 15 is 0 Å². The first kappa shape index (κ1) is 11.0. The highest BCUT2D eigenvalue weighted by Gasteiger charge is 2.17. The molecule has 4 nitrogen and oxygen atoms in total. The number of nitrogens with one attached hydrogen (secondary N) is 1. The molecule has 2 N–H and O–H groups in total. The van der Waals surface area contributed by atoms with E-state index in [2.05, 4.69) is 5.32 Å². The first-order chi connectivity index (χ1) is 7.66. The van der Waals surface area contributed by atoms with E-state index in [0.717, 1.165) is 5.56 Å². The number of aliphatic hydroxyl groups is 1. The Labute approximate surface area is 94.2 Å². The van der Waals surface area contributed by atoms with E-state index in [-0.39, 0.29) is 5.91 Å². The average molecular weight is 221 g/mol. The summed E-state index contributed by atoms with van der Waals surface area (Å²) in [6, 6.07) is 5.53. The van der Waals surface area contributed by atoms with Gasteiger partial charge in [-0.1, -0.05) is 12.1 Å². The van der Waals surface area contributed by atoms with Gasteiger partial charge in [-0.2, -0.15) is 0 Å². The molecule has 1 aromatic carbocycles. The first-order valence-electron chi connectivity index (χ1n) is 5.37. The van der Waals surface area contributed by atoms with E-state index in [1.165, 1.54) is 0 Å². The van der Waals surface area contributed by atoms with Gasteiger partial charge in [-0.15, -0.1) is 0 Å². The molecule has 1 heterocycles. The molecule has 1 unspecified atom stereocenters. The Morgan fingerprint density at radius 1 is 1.50 bits per heavy atom. The van der Waals surface area contributed by atoms with Gasteiger partial charge in [0, 0.05) is 12.0 Å². The highest BCUT2D eigenvalue weighted by molar-refractivity contribution is 5.76. The Morgan fingerprint density at radius 2 is 2.31 bits per heavy atom. The van der Waals surface area contributed by atoms with Crippen LogP contribution in [0, 0.1) is 6.92 Å². The van der Waals surface area contributed by atoms with Crippen LogP contribution in [0.1, 0.15) is 30.2 Å². The number of fused-ring (bicyclic) bond motifs is 1. The molecule has 0 radical (unpaired) electrons. The minimum Gasteiger partial charge on any atom is -0.493 e. The van der Waals surface area contributed by atoms with Crippen LogP contribution in [0.5, 0.6) is 5.75 Å². The van der Waals surface area contributed by atoms with E-state index in [1.54, 1.807) is 6.07 Å². The van der Waals surface area contributed by atoms with Gasteiger partial charge in [0.1, 0.15) is 5.75 Å². The number of hydrogen-bond acceptors (Lipinski definition) is 3. The molecule has 4 heteroatoms. The summed E-state index contributed by atoms with van der Waals surface area (Å²) in [7, 11) is 0. The molecular formula is C12H15NO3. The maximum atomic E-state index is 11.3. The summed E-state index contributed by atoms with van der Waals surface area (Å²) in [5.41, 5.74) is 1.68. The summed E-state index contributed by atoms with van der Waals surface area (Å²) < 4.78 is 5.56. The average Bonchev–Trinajstić information content (AvgIpc) is 2.29. The van der Waals surface area contributed by atoms with Crippen molar-refractivity contribution in [2.45, 2.75) is 26.0 Å². The predicted molar refractivity (Wildman–Crippen MR) is 59.0 cm³/mol. The van der Waals surface area contributed by atoms with Gasteiger partial charge in [0.15, 0.2) is 6.23 Å². The third-order valence-electron chi connectivity index (χ3n) is 2.57. The third-order valence-corrected chi connectivity index (χ3v) is 2.57. The fourth-order valence-corrected chi connectivity index (χ4v) is 1.71. The predicted octanol–water partition coefficient (Wildman–Crippen LogP) is 1.27. The second-order valence-electron chi connectivity index (χ2n) is 3.96. The summed E-state index contributed by atoms with van der Waals surface area (Å²) in [6.45, 7) is 2.46. The van der Waals surface area contributed by atoms with Gasteiger partial charge < -0.3 is 15.2 Å². The number of ether oxygens (including phenoxy) is 1. The fraction of sp³-hybridized carbons (Fsp3) is 0.417. The van der Waals surface area contributed by atoms with Crippen molar-refractivity contribution in [1.29, 1.82) is 0 Å². The minimum atomic E-state index is -0.985. The van der Waals surface area contributed by atoms with E-state index in [9.17, 15) is 9.90 Å². The van der Waals surface area contributed by atoms with Crippen LogP contribution in [0.25, 0.3) is 0 Å². The lowest BCUT2D eigenvalue weighted by Crippen LogP contribution is -2.27. The normalized spacial score (nSPS) is 20.9. The molecule has 2 rings (SSSR count). The Bertz CT molecular complexity index is 403. The van der Waals surface area contributed by atoms with Crippen LogP contribution in [0.2, 0.25) is 0 Å². The quantitative estimate of drug-likeness (QED) is 0.693. The zero-order valence-electron chi connectivity index (χ0n) is 9.19. The molecule has 1 aliphatic rings. The summed E-state index contributed by atoms with van der Waals surface area (Å²) in [4.78, 5) is 11.3. The van der Waals surface area contributed by atoms with Crippen LogP contribution in [-0.4, -0.2) is 17.6 Å². The van der Waals surface area contributed by atoms with Crippen molar-refractivity contribution in [1.82, 2.24) is 5.32 Å². The maximum Gasteiger partial charge on any atom is 0.222 e. The molecule has 1 aromatic rings. The van der Waals surface area contributed by atoms with Gasteiger partial charge in [0.2, 0.25) is 5.91 Å². The zero-order chi connectivity index (χ0) is 11.5. The Hall–Kier alpha value is -1.55. The number of amides is 1. The van der Waals surface area contributed by atoms with Crippen molar-refractivity contribution in [2.75, 3.05) is 6.61 Å². The van der Waals surface area contributed by atoms with Gasteiger partial charge in [-0.25, -0.2) is 0 Å². The molecule has 0 aliphatic carbocycles. The van der Waals surface area contributed by atoms with Crippen molar-refractivity contribution < 1.29 is 14.6 Å². The van der Waals surface area contributed by atoms with Crippen LogP contribution in [-0.2, 0) is 4.79 Å². The van der Waals surface area contributed by atoms with E-state index in [4.69, 9.17) is 4.74 Å². The number of aryl methyl sites for hydroxylation is 1. The van der Waals surface area contributed by atoms with Crippen LogP contribution >= 0.6 is 0 Å². The number of carbonyl (C=O) groups is 1. The number of benzene rings is 1. The van der Waals surface area contributed by atoms with Crippen molar-refractivity contribution in [3.8, 4) is 5.75 Å². The number of rotatable bonds is 0. The Morgan fingerprint density at radius 3 is 3.12 bits per heavy atom. The smallest absolute Gasteiger partial charge is 0.222 e. The van der Waals surface area contributed by atoms with Crippen molar-refractivity contribution in [3.63, 3.8) is 0 Å². The molecule has 0 saturated carbocycles. The molecule has 1 atom stereocenters. The van der Waals surface area contributed by atoms with Crippen LogP contribution in [0.3, 0.4) is 0 Å². The molecular weight excluding hydrogens is 206 g/mol. The third kappa shape index (κ3) is 2.33. The lowest BCUT2D eigenvalue weighted by atomic mass is 10.1. The highest BCUT2D eigenvalue weighted by atomic mass is 16.5. The van der Waals surface area contributed by atoms with Crippen molar-refractivity contribution >= 4 is 5.91 Å². The second-order valence-corrected chi connectivity index (χ2v) is 3.96. The fourth-order valence-electron chi connectivity index (χ4n) is 1.71. The van der Waals surface area contributed by atoms with Crippen molar-refractivity contribution in [2.24, 2.45) is 0 Å². The summed E-state index contributed by atoms with van der Waals surface area (Å²) in [5.74, 6) is 0.499.